The van der Waals surface area contributed by atoms with E-state index in [0.29, 0.717) is 11.6 Å². The second-order valence-corrected chi connectivity index (χ2v) is 7.23. The van der Waals surface area contributed by atoms with Crippen LogP contribution < -0.4 is 5.32 Å². The molecule has 1 aliphatic carbocycles. The van der Waals surface area contributed by atoms with Crippen molar-refractivity contribution in [2.24, 2.45) is 0 Å². The molecule has 110 valence electrons. The van der Waals surface area contributed by atoms with Gasteiger partial charge < -0.3 is 5.32 Å². The van der Waals surface area contributed by atoms with Gasteiger partial charge in [-0.1, -0.05) is 6.42 Å². The minimum Gasteiger partial charge on any atom is -0.381 e. The van der Waals surface area contributed by atoms with Gasteiger partial charge in [0.15, 0.2) is 0 Å². The molecule has 0 aromatic heterocycles. The fraction of sp³-hybridized carbons (Fsp3) is 0.571. The predicted octanol–water partition coefficient (Wildman–Crippen LogP) is 4.75. The Morgan fingerprint density at radius 1 is 1.45 bits per heavy atom. The van der Waals surface area contributed by atoms with Crippen LogP contribution in [0.2, 0.25) is 0 Å². The summed E-state index contributed by atoms with van der Waals surface area (Å²) in [5.41, 5.74) is 1.81. The van der Waals surface area contributed by atoms with Gasteiger partial charge in [-0.3, -0.25) is 10.1 Å². The molecule has 4 nitrogen and oxygen atoms in total. The molecule has 1 aliphatic rings. The molecule has 0 heterocycles. The van der Waals surface area contributed by atoms with E-state index in [4.69, 9.17) is 0 Å². The zero-order chi connectivity index (χ0) is 14.7. The number of benzene rings is 1. The second-order valence-electron chi connectivity index (χ2n) is 5.24. The van der Waals surface area contributed by atoms with E-state index in [1.165, 1.54) is 19.3 Å². The molecule has 2 unspecified atom stereocenters. The van der Waals surface area contributed by atoms with Crippen LogP contribution in [-0.2, 0) is 0 Å². The molecular weight excluding hydrogens is 340 g/mol. The Kier molecular flexibility index (Phi) is 5.32. The van der Waals surface area contributed by atoms with E-state index < -0.39 is 0 Å². The number of nitro benzene ring substituents is 1. The summed E-state index contributed by atoms with van der Waals surface area (Å²) >= 11 is 5.37. The van der Waals surface area contributed by atoms with Crippen LogP contribution >= 0.6 is 27.7 Å². The first-order valence-electron chi connectivity index (χ1n) is 6.75. The quantitative estimate of drug-likeness (QED) is 0.623. The average molecular weight is 359 g/mol. The zero-order valence-electron chi connectivity index (χ0n) is 11.7. The first-order chi connectivity index (χ1) is 9.51. The van der Waals surface area contributed by atoms with Crippen molar-refractivity contribution < 1.29 is 4.92 Å². The smallest absolute Gasteiger partial charge is 0.273 e. The second kappa shape index (κ2) is 6.80. The molecule has 1 N–H and O–H groups in total. The van der Waals surface area contributed by atoms with Crippen molar-refractivity contribution in [2.45, 2.75) is 43.9 Å². The molecule has 1 fully saturated rings. The summed E-state index contributed by atoms with van der Waals surface area (Å²) < 4.78 is 0.765. The van der Waals surface area contributed by atoms with Crippen molar-refractivity contribution in [2.75, 3.05) is 11.6 Å². The van der Waals surface area contributed by atoms with E-state index in [1.54, 1.807) is 13.0 Å². The van der Waals surface area contributed by atoms with Crippen LogP contribution in [0.1, 0.15) is 31.2 Å². The fourth-order valence-corrected chi connectivity index (χ4v) is 3.96. The lowest BCUT2D eigenvalue weighted by Crippen LogP contribution is -2.28. The highest BCUT2D eigenvalue weighted by molar-refractivity contribution is 9.10. The van der Waals surface area contributed by atoms with Gasteiger partial charge in [-0.15, -0.1) is 0 Å². The Hall–Kier alpha value is -0.750. The average Bonchev–Trinajstić information content (AvgIpc) is 2.42. The number of nitrogens with one attached hydrogen (secondary N) is 1. The number of nitrogens with zero attached hydrogens (tertiary/aromatic N) is 1. The van der Waals surface area contributed by atoms with Gasteiger partial charge in [-0.25, -0.2) is 0 Å². The minimum atomic E-state index is -0.339. The van der Waals surface area contributed by atoms with E-state index in [1.807, 2.05) is 17.8 Å². The Labute approximate surface area is 132 Å². The lowest BCUT2D eigenvalue weighted by Gasteiger charge is -2.29. The molecule has 0 aliphatic heterocycles. The van der Waals surface area contributed by atoms with Gasteiger partial charge in [-0.05, 0) is 54.4 Å². The first-order valence-corrected chi connectivity index (χ1v) is 8.83. The van der Waals surface area contributed by atoms with Gasteiger partial charge in [0.05, 0.1) is 4.92 Å². The fourth-order valence-electron chi connectivity index (χ4n) is 2.69. The summed E-state index contributed by atoms with van der Waals surface area (Å²) in [7, 11) is 0. The van der Waals surface area contributed by atoms with Crippen molar-refractivity contribution >= 4 is 39.1 Å². The summed E-state index contributed by atoms with van der Waals surface area (Å²) in [5, 5.41) is 15.2. The molecule has 2 atom stereocenters. The van der Waals surface area contributed by atoms with Crippen LogP contribution in [0.15, 0.2) is 16.6 Å². The Morgan fingerprint density at radius 3 is 2.85 bits per heavy atom. The van der Waals surface area contributed by atoms with Gasteiger partial charge in [0, 0.05) is 33.1 Å². The lowest BCUT2D eigenvalue weighted by molar-refractivity contribution is -0.385. The number of hydrogen-bond donors (Lipinski definition) is 1. The molecule has 6 heteroatoms. The third-order valence-electron chi connectivity index (χ3n) is 3.80. The van der Waals surface area contributed by atoms with Gasteiger partial charge in [-0.2, -0.15) is 11.8 Å². The molecular formula is C14H19BrN2O2S. The number of aryl methyl sites for hydroxylation is 1. The topological polar surface area (TPSA) is 55.2 Å². The number of rotatable bonds is 4. The third kappa shape index (κ3) is 3.67. The molecule has 0 amide bonds. The van der Waals surface area contributed by atoms with E-state index in [-0.39, 0.29) is 10.6 Å². The van der Waals surface area contributed by atoms with Gasteiger partial charge >= 0.3 is 0 Å². The zero-order valence-corrected chi connectivity index (χ0v) is 14.1. The Bertz CT molecular complexity index is 510. The number of hydrogen-bond acceptors (Lipinski definition) is 4. The predicted molar refractivity (Wildman–Crippen MR) is 88.7 cm³/mol. The van der Waals surface area contributed by atoms with Crippen molar-refractivity contribution in [3.8, 4) is 0 Å². The van der Waals surface area contributed by atoms with Gasteiger partial charge in [0.2, 0.25) is 0 Å². The van der Waals surface area contributed by atoms with E-state index in [2.05, 4.69) is 27.5 Å². The van der Waals surface area contributed by atoms with E-state index in [9.17, 15) is 10.1 Å². The third-order valence-corrected chi connectivity index (χ3v) is 5.55. The van der Waals surface area contributed by atoms with Gasteiger partial charge in [0.25, 0.3) is 5.69 Å². The van der Waals surface area contributed by atoms with E-state index >= 15 is 0 Å². The highest BCUT2D eigenvalue weighted by Gasteiger charge is 2.22. The number of nitro groups is 1. The maximum atomic E-state index is 10.9. The summed E-state index contributed by atoms with van der Waals surface area (Å²) in [4.78, 5) is 10.6. The molecule has 1 aromatic rings. The van der Waals surface area contributed by atoms with E-state index in [0.717, 1.165) is 21.8 Å². The van der Waals surface area contributed by atoms with Gasteiger partial charge in [0.1, 0.15) is 0 Å². The molecule has 1 saturated carbocycles. The van der Waals surface area contributed by atoms with Crippen molar-refractivity contribution in [3.05, 3.63) is 32.3 Å². The normalized spacial score (nSPS) is 22.6. The summed E-state index contributed by atoms with van der Waals surface area (Å²) in [5.74, 6) is 0. The molecule has 0 bridgehead atoms. The summed E-state index contributed by atoms with van der Waals surface area (Å²) in [6.45, 7) is 1.78. The maximum absolute atomic E-state index is 10.9. The summed E-state index contributed by atoms with van der Waals surface area (Å²) in [6.07, 6.45) is 7.02. The molecule has 0 saturated heterocycles. The number of anilines is 1. The van der Waals surface area contributed by atoms with Crippen molar-refractivity contribution in [1.82, 2.24) is 0 Å². The van der Waals surface area contributed by atoms with Crippen LogP contribution in [0, 0.1) is 17.0 Å². The lowest BCUT2D eigenvalue weighted by atomic mass is 9.94. The van der Waals surface area contributed by atoms with Crippen LogP contribution in [0.5, 0.6) is 0 Å². The van der Waals surface area contributed by atoms with Crippen LogP contribution in [0.4, 0.5) is 11.4 Å². The SMILES string of the molecule is CSC1CCCC(Nc2cc(C)c([N+](=O)[O-])cc2Br)C1. The molecule has 0 spiro atoms. The molecule has 0 radical (unpaired) electrons. The van der Waals surface area contributed by atoms with Crippen molar-refractivity contribution in [3.63, 3.8) is 0 Å². The highest BCUT2D eigenvalue weighted by atomic mass is 79.9. The van der Waals surface area contributed by atoms with Crippen molar-refractivity contribution in [1.29, 1.82) is 0 Å². The largest absolute Gasteiger partial charge is 0.381 e. The van der Waals surface area contributed by atoms with Crippen LogP contribution in [0.25, 0.3) is 0 Å². The molecule has 2 rings (SSSR count). The Balaban J connectivity index is 2.13. The number of halogens is 1. The highest BCUT2D eigenvalue weighted by Crippen LogP contribution is 2.34. The molecule has 1 aromatic carbocycles. The first kappa shape index (κ1) is 15.6. The standard InChI is InChI=1S/C14H19BrN2O2S/c1-9-6-13(12(15)8-14(9)17(18)19)16-10-4-3-5-11(7-10)20-2/h6,8,10-11,16H,3-5,7H2,1-2H3. The Morgan fingerprint density at radius 2 is 2.20 bits per heavy atom. The van der Waals surface area contributed by atoms with Crippen LogP contribution in [-0.4, -0.2) is 22.5 Å². The summed E-state index contributed by atoms with van der Waals surface area (Å²) in [6, 6.07) is 3.91. The maximum Gasteiger partial charge on any atom is 0.273 e. The monoisotopic (exact) mass is 358 g/mol. The minimum absolute atomic E-state index is 0.160. The molecule has 20 heavy (non-hydrogen) atoms. The number of thioether (sulfide) groups is 1. The van der Waals surface area contributed by atoms with Crippen LogP contribution in [0.3, 0.4) is 0 Å².